The molecular formula is C17H34N2. The summed E-state index contributed by atoms with van der Waals surface area (Å²) in [5.74, 6) is 0.938. The summed E-state index contributed by atoms with van der Waals surface area (Å²) in [6.07, 6.45) is 16.9. The molecule has 0 aromatic carbocycles. The maximum atomic E-state index is 6.22. The number of rotatable bonds is 4. The zero-order valence-electron chi connectivity index (χ0n) is 13.0. The summed E-state index contributed by atoms with van der Waals surface area (Å²) in [6.45, 7) is 2.15. The van der Waals surface area contributed by atoms with E-state index in [1.807, 2.05) is 0 Å². The Kier molecular flexibility index (Phi) is 6.15. The molecule has 0 amide bonds. The first kappa shape index (κ1) is 15.3. The summed E-state index contributed by atoms with van der Waals surface area (Å²) < 4.78 is 0. The van der Waals surface area contributed by atoms with Gasteiger partial charge in [-0.15, -0.1) is 0 Å². The van der Waals surface area contributed by atoms with E-state index in [1.165, 1.54) is 83.6 Å². The lowest BCUT2D eigenvalue weighted by atomic mass is 9.81. The first-order chi connectivity index (χ1) is 9.27. The molecule has 112 valence electrons. The van der Waals surface area contributed by atoms with Gasteiger partial charge in [-0.25, -0.2) is 0 Å². The highest BCUT2D eigenvalue weighted by atomic mass is 15.2. The number of hydrogen-bond donors (Lipinski definition) is 1. The van der Waals surface area contributed by atoms with Gasteiger partial charge in [0.2, 0.25) is 0 Å². The predicted molar refractivity (Wildman–Crippen MR) is 83.3 cm³/mol. The summed E-state index contributed by atoms with van der Waals surface area (Å²) in [7, 11) is 2.35. The van der Waals surface area contributed by atoms with Crippen molar-refractivity contribution in [1.82, 2.24) is 4.90 Å². The maximum Gasteiger partial charge on any atom is 0.0328 e. The van der Waals surface area contributed by atoms with Gasteiger partial charge >= 0.3 is 0 Å². The molecule has 0 saturated heterocycles. The van der Waals surface area contributed by atoms with E-state index in [2.05, 4.69) is 11.9 Å². The first-order valence-corrected chi connectivity index (χ1v) is 8.68. The van der Waals surface area contributed by atoms with Gasteiger partial charge in [0, 0.05) is 18.6 Å². The number of nitrogens with zero attached hydrogens (tertiary/aromatic N) is 1. The third-order valence-electron chi connectivity index (χ3n) is 5.73. The van der Waals surface area contributed by atoms with Crippen molar-refractivity contribution in [2.45, 2.75) is 82.6 Å². The molecule has 0 aromatic rings. The zero-order chi connectivity index (χ0) is 13.6. The van der Waals surface area contributed by atoms with Crippen molar-refractivity contribution in [1.29, 1.82) is 0 Å². The molecule has 2 fully saturated rings. The van der Waals surface area contributed by atoms with Crippen LogP contribution in [0.25, 0.3) is 0 Å². The van der Waals surface area contributed by atoms with E-state index in [9.17, 15) is 0 Å². The molecule has 0 heterocycles. The second-order valence-corrected chi connectivity index (χ2v) is 7.08. The second-order valence-electron chi connectivity index (χ2n) is 7.08. The molecule has 2 aliphatic rings. The summed E-state index contributed by atoms with van der Waals surface area (Å²) >= 11 is 0. The molecule has 0 radical (unpaired) electrons. The fourth-order valence-electron chi connectivity index (χ4n) is 4.26. The van der Waals surface area contributed by atoms with Gasteiger partial charge < -0.3 is 5.73 Å². The molecule has 2 rings (SSSR count). The SMILES string of the molecule is CN(CC1CCCCC1)C1(CN)CCCCCCC1. The highest BCUT2D eigenvalue weighted by Gasteiger charge is 2.34. The van der Waals surface area contributed by atoms with Crippen LogP contribution in [0.15, 0.2) is 0 Å². The van der Waals surface area contributed by atoms with Crippen molar-refractivity contribution >= 4 is 0 Å². The van der Waals surface area contributed by atoms with E-state index in [1.54, 1.807) is 0 Å². The van der Waals surface area contributed by atoms with Crippen LogP contribution in [0.3, 0.4) is 0 Å². The highest BCUT2D eigenvalue weighted by molar-refractivity contribution is 4.92. The number of nitrogens with two attached hydrogens (primary N) is 1. The third-order valence-corrected chi connectivity index (χ3v) is 5.73. The Morgan fingerprint density at radius 1 is 0.895 bits per heavy atom. The fourth-order valence-corrected chi connectivity index (χ4v) is 4.26. The lowest BCUT2D eigenvalue weighted by molar-refractivity contribution is 0.0702. The van der Waals surface area contributed by atoms with Gasteiger partial charge in [-0.05, 0) is 38.6 Å². The van der Waals surface area contributed by atoms with Crippen LogP contribution in [0, 0.1) is 5.92 Å². The molecule has 2 nitrogen and oxygen atoms in total. The molecule has 19 heavy (non-hydrogen) atoms. The van der Waals surface area contributed by atoms with Crippen molar-refractivity contribution in [2.24, 2.45) is 11.7 Å². The molecule has 0 aliphatic heterocycles. The van der Waals surface area contributed by atoms with Crippen LogP contribution in [-0.2, 0) is 0 Å². The minimum atomic E-state index is 0.317. The van der Waals surface area contributed by atoms with Gasteiger partial charge in [-0.3, -0.25) is 4.90 Å². The van der Waals surface area contributed by atoms with Gasteiger partial charge in [-0.2, -0.15) is 0 Å². The Morgan fingerprint density at radius 3 is 2.00 bits per heavy atom. The molecule has 2 heteroatoms. The molecule has 0 atom stereocenters. The van der Waals surface area contributed by atoms with Crippen molar-refractivity contribution in [2.75, 3.05) is 20.1 Å². The normalized spacial score (nSPS) is 26.1. The molecule has 0 unspecified atom stereocenters. The Labute approximate surface area is 120 Å². The Hall–Kier alpha value is -0.0800. The van der Waals surface area contributed by atoms with Gasteiger partial charge in [-0.1, -0.05) is 51.4 Å². The smallest absolute Gasteiger partial charge is 0.0328 e. The zero-order valence-corrected chi connectivity index (χ0v) is 13.0. The Balaban J connectivity index is 1.92. The topological polar surface area (TPSA) is 29.3 Å². The van der Waals surface area contributed by atoms with Crippen LogP contribution in [0.1, 0.15) is 77.0 Å². The minimum Gasteiger partial charge on any atom is -0.329 e. The average molecular weight is 266 g/mol. The molecule has 2 saturated carbocycles. The summed E-state index contributed by atoms with van der Waals surface area (Å²) in [5, 5.41) is 0. The largest absolute Gasteiger partial charge is 0.329 e. The van der Waals surface area contributed by atoms with Crippen LogP contribution in [0.2, 0.25) is 0 Å². The van der Waals surface area contributed by atoms with Crippen LogP contribution >= 0.6 is 0 Å². The minimum absolute atomic E-state index is 0.317. The molecule has 0 spiro atoms. The van der Waals surface area contributed by atoms with E-state index in [0.717, 1.165) is 12.5 Å². The van der Waals surface area contributed by atoms with Gasteiger partial charge in [0.25, 0.3) is 0 Å². The molecule has 2 aliphatic carbocycles. The van der Waals surface area contributed by atoms with Gasteiger partial charge in [0.15, 0.2) is 0 Å². The van der Waals surface area contributed by atoms with Crippen molar-refractivity contribution in [3.8, 4) is 0 Å². The quantitative estimate of drug-likeness (QED) is 0.835. The molecule has 0 bridgehead atoms. The Bertz CT molecular complexity index is 238. The lowest BCUT2D eigenvalue weighted by Gasteiger charge is -2.44. The van der Waals surface area contributed by atoms with E-state index < -0.39 is 0 Å². The van der Waals surface area contributed by atoms with E-state index in [-0.39, 0.29) is 0 Å². The van der Waals surface area contributed by atoms with E-state index in [4.69, 9.17) is 5.73 Å². The Morgan fingerprint density at radius 2 is 1.42 bits per heavy atom. The summed E-state index contributed by atoms with van der Waals surface area (Å²) in [4.78, 5) is 2.66. The molecule has 2 N–H and O–H groups in total. The van der Waals surface area contributed by atoms with Crippen LogP contribution in [0.4, 0.5) is 0 Å². The first-order valence-electron chi connectivity index (χ1n) is 8.68. The van der Waals surface area contributed by atoms with Crippen molar-refractivity contribution in [3.05, 3.63) is 0 Å². The van der Waals surface area contributed by atoms with Gasteiger partial charge in [0.05, 0.1) is 0 Å². The summed E-state index contributed by atoms with van der Waals surface area (Å²) in [6, 6.07) is 0. The van der Waals surface area contributed by atoms with Crippen LogP contribution < -0.4 is 5.73 Å². The highest BCUT2D eigenvalue weighted by Crippen LogP contribution is 2.33. The lowest BCUT2D eigenvalue weighted by Crippen LogP contribution is -2.53. The van der Waals surface area contributed by atoms with E-state index >= 15 is 0 Å². The van der Waals surface area contributed by atoms with Crippen molar-refractivity contribution in [3.63, 3.8) is 0 Å². The van der Waals surface area contributed by atoms with Crippen LogP contribution in [0.5, 0.6) is 0 Å². The maximum absolute atomic E-state index is 6.22. The van der Waals surface area contributed by atoms with Gasteiger partial charge in [0.1, 0.15) is 0 Å². The number of hydrogen-bond acceptors (Lipinski definition) is 2. The summed E-state index contributed by atoms with van der Waals surface area (Å²) in [5.41, 5.74) is 6.54. The molecular weight excluding hydrogens is 232 g/mol. The third kappa shape index (κ3) is 4.19. The van der Waals surface area contributed by atoms with Crippen molar-refractivity contribution < 1.29 is 0 Å². The second kappa shape index (κ2) is 7.64. The predicted octanol–water partition coefficient (Wildman–Crippen LogP) is 3.94. The van der Waals surface area contributed by atoms with Crippen LogP contribution in [-0.4, -0.2) is 30.6 Å². The standard InChI is InChI=1S/C17H34N2/c1-19(14-16-10-6-5-7-11-16)17(15-18)12-8-3-2-4-9-13-17/h16H,2-15,18H2,1H3. The average Bonchev–Trinajstić information content (AvgIpc) is 2.40. The number of likely N-dealkylation sites (N-methyl/N-ethyl adjacent to an activating group) is 1. The van der Waals surface area contributed by atoms with E-state index in [0.29, 0.717) is 5.54 Å². The monoisotopic (exact) mass is 266 g/mol. The fraction of sp³-hybridized carbons (Fsp3) is 1.00. The molecule has 0 aromatic heterocycles.